The number of halogens is 2. The Labute approximate surface area is 157 Å². The third-order valence-electron chi connectivity index (χ3n) is 4.49. The van der Waals surface area contributed by atoms with E-state index in [2.05, 4.69) is 27.6 Å². The lowest BCUT2D eigenvalue weighted by atomic mass is 10.00. The van der Waals surface area contributed by atoms with E-state index in [0.717, 1.165) is 19.4 Å². The summed E-state index contributed by atoms with van der Waals surface area (Å²) in [5, 5.41) is 9.63. The maximum atomic E-state index is 12.7. The summed E-state index contributed by atoms with van der Waals surface area (Å²) in [4.78, 5) is 12.7. The second-order valence-electron chi connectivity index (χ2n) is 6.62. The van der Waals surface area contributed by atoms with Gasteiger partial charge >= 0.3 is 6.61 Å². The van der Waals surface area contributed by atoms with Crippen molar-refractivity contribution in [2.45, 2.75) is 38.5 Å². The van der Waals surface area contributed by atoms with Crippen LogP contribution >= 0.6 is 0 Å². The predicted octanol–water partition coefficient (Wildman–Crippen LogP) is 3.90. The fourth-order valence-corrected chi connectivity index (χ4v) is 3.19. The maximum Gasteiger partial charge on any atom is 0.387 e. The van der Waals surface area contributed by atoms with Crippen molar-refractivity contribution in [3.05, 3.63) is 54.1 Å². The van der Waals surface area contributed by atoms with Crippen LogP contribution in [0.15, 0.2) is 48.5 Å². The van der Waals surface area contributed by atoms with Gasteiger partial charge in [-0.25, -0.2) is 0 Å². The molecular formula is C20H23F2N3O2. The highest BCUT2D eigenvalue weighted by atomic mass is 19.3. The molecule has 1 amide bonds. The largest absolute Gasteiger partial charge is 0.435 e. The Bertz CT molecular complexity index is 768. The topological polar surface area (TPSA) is 62.4 Å². The summed E-state index contributed by atoms with van der Waals surface area (Å²) in [5.74, 6) is -0.0449. The summed E-state index contributed by atoms with van der Waals surface area (Å²) in [6.45, 7) is 0.139. The standard InChI is InChI=1S/C20H23F2N3O2/c1-13-12-15(10-11-23-13)25-19(26)17-4-2-3-5-18(17)24-14-6-8-16(9-7-14)27-20(21)22/h2-9,13,15,20,23-24H,10-12H2,1H3,(H,25,26). The van der Waals surface area contributed by atoms with E-state index in [0.29, 0.717) is 23.0 Å². The molecule has 1 saturated heterocycles. The molecule has 5 nitrogen and oxygen atoms in total. The van der Waals surface area contributed by atoms with Crippen molar-refractivity contribution >= 4 is 17.3 Å². The van der Waals surface area contributed by atoms with E-state index in [1.807, 2.05) is 18.2 Å². The number of anilines is 2. The zero-order valence-electron chi connectivity index (χ0n) is 15.0. The van der Waals surface area contributed by atoms with Crippen molar-refractivity contribution < 1.29 is 18.3 Å². The lowest BCUT2D eigenvalue weighted by molar-refractivity contribution is -0.0498. The van der Waals surface area contributed by atoms with Gasteiger partial charge in [0.1, 0.15) is 5.75 Å². The average Bonchev–Trinajstić information content (AvgIpc) is 2.63. The van der Waals surface area contributed by atoms with Crippen molar-refractivity contribution in [3.8, 4) is 5.75 Å². The minimum atomic E-state index is -2.86. The number of ether oxygens (including phenoxy) is 1. The summed E-state index contributed by atoms with van der Waals surface area (Å²) in [6, 6.07) is 13.9. The predicted molar refractivity (Wildman–Crippen MR) is 101 cm³/mol. The van der Waals surface area contributed by atoms with Crippen molar-refractivity contribution in [2.24, 2.45) is 0 Å². The van der Waals surface area contributed by atoms with Gasteiger partial charge in [-0.05, 0) is 62.7 Å². The molecule has 0 aliphatic carbocycles. The molecular weight excluding hydrogens is 352 g/mol. The number of hydrogen-bond donors (Lipinski definition) is 3. The number of rotatable bonds is 6. The monoisotopic (exact) mass is 375 g/mol. The highest BCUT2D eigenvalue weighted by Crippen LogP contribution is 2.24. The van der Waals surface area contributed by atoms with Gasteiger partial charge in [-0.2, -0.15) is 8.78 Å². The number of carbonyl (C=O) groups is 1. The number of para-hydroxylation sites is 1. The van der Waals surface area contributed by atoms with Gasteiger partial charge in [-0.15, -0.1) is 0 Å². The normalized spacial score (nSPS) is 19.6. The average molecular weight is 375 g/mol. The maximum absolute atomic E-state index is 12.7. The van der Waals surface area contributed by atoms with Crippen LogP contribution in [0.5, 0.6) is 5.75 Å². The van der Waals surface area contributed by atoms with E-state index in [-0.39, 0.29) is 17.7 Å². The highest BCUT2D eigenvalue weighted by molar-refractivity contribution is 6.00. The summed E-state index contributed by atoms with van der Waals surface area (Å²) >= 11 is 0. The van der Waals surface area contributed by atoms with Crippen LogP contribution in [0.4, 0.5) is 20.2 Å². The number of alkyl halides is 2. The van der Waals surface area contributed by atoms with Crippen molar-refractivity contribution in [1.82, 2.24) is 10.6 Å². The smallest absolute Gasteiger partial charge is 0.387 e. The van der Waals surface area contributed by atoms with Crippen molar-refractivity contribution in [1.29, 1.82) is 0 Å². The molecule has 1 aliphatic heterocycles. The number of nitrogens with one attached hydrogen (secondary N) is 3. The zero-order valence-corrected chi connectivity index (χ0v) is 15.0. The Kier molecular flexibility index (Phi) is 6.24. The van der Waals surface area contributed by atoms with E-state index in [4.69, 9.17) is 0 Å². The fraction of sp³-hybridized carbons (Fsp3) is 0.350. The SMILES string of the molecule is CC1CC(NC(=O)c2ccccc2Nc2ccc(OC(F)F)cc2)CCN1. The first-order valence-electron chi connectivity index (χ1n) is 8.96. The molecule has 0 saturated carbocycles. The second kappa shape index (κ2) is 8.81. The van der Waals surface area contributed by atoms with Crippen LogP contribution in [-0.2, 0) is 0 Å². The second-order valence-corrected chi connectivity index (χ2v) is 6.62. The molecule has 0 aromatic heterocycles. The van der Waals surface area contributed by atoms with E-state index in [9.17, 15) is 13.6 Å². The van der Waals surface area contributed by atoms with Crippen LogP contribution < -0.4 is 20.7 Å². The molecule has 3 rings (SSSR count). The summed E-state index contributed by atoms with van der Waals surface area (Å²) in [6.07, 6.45) is 1.80. The minimum absolute atomic E-state index is 0.0848. The van der Waals surface area contributed by atoms with Gasteiger partial charge in [0.25, 0.3) is 5.91 Å². The molecule has 144 valence electrons. The minimum Gasteiger partial charge on any atom is -0.435 e. The van der Waals surface area contributed by atoms with Crippen LogP contribution in [-0.4, -0.2) is 31.1 Å². The Morgan fingerprint density at radius 1 is 1.19 bits per heavy atom. The molecule has 0 bridgehead atoms. The molecule has 0 spiro atoms. The Hall–Kier alpha value is -2.67. The Morgan fingerprint density at radius 2 is 1.93 bits per heavy atom. The molecule has 2 unspecified atom stereocenters. The molecule has 27 heavy (non-hydrogen) atoms. The molecule has 1 aliphatic rings. The quantitative estimate of drug-likeness (QED) is 0.717. The molecule has 0 radical (unpaired) electrons. The Morgan fingerprint density at radius 3 is 2.63 bits per heavy atom. The number of piperidine rings is 1. The van der Waals surface area contributed by atoms with E-state index in [1.165, 1.54) is 12.1 Å². The first-order chi connectivity index (χ1) is 13.0. The van der Waals surface area contributed by atoms with E-state index >= 15 is 0 Å². The lowest BCUT2D eigenvalue weighted by Gasteiger charge is -2.29. The number of hydrogen-bond acceptors (Lipinski definition) is 4. The lowest BCUT2D eigenvalue weighted by Crippen LogP contribution is -2.46. The fourth-order valence-electron chi connectivity index (χ4n) is 3.19. The summed E-state index contributed by atoms with van der Waals surface area (Å²) in [7, 11) is 0. The third kappa shape index (κ3) is 5.40. The van der Waals surface area contributed by atoms with Gasteiger partial charge in [-0.1, -0.05) is 12.1 Å². The number of amides is 1. The Balaban J connectivity index is 1.69. The molecule has 2 atom stereocenters. The van der Waals surface area contributed by atoms with Crippen LogP contribution in [0.3, 0.4) is 0 Å². The van der Waals surface area contributed by atoms with Crippen LogP contribution in [0.25, 0.3) is 0 Å². The van der Waals surface area contributed by atoms with E-state index < -0.39 is 6.61 Å². The third-order valence-corrected chi connectivity index (χ3v) is 4.49. The summed E-state index contributed by atoms with van der Waals surface area (Å²) in [5.41, 5.74) is 1.86. The molecule has 2 aromatic carbocycles. The molecule has 1 heterocycles. The van der Waals surface area contributed by atoms with Crippen LogP contribution in [0.1, 0.15) is 30.1 Å². The van der Waals surface area contributed by atoms with Gasteiger partial charge < -0.3 is 20.7 Å². The van der Waals surface area contributed by atoms with Gasteiger partial charge in [-0.3, -0.25) is 4.79 Å². The van der Waals surface area contributed by atoms with E-state index in [1.54, 1.807) is 18.2 Å². The van der Waals surface area contributed by atoms with Crippen LogP contribution in [0.2, 0.25) is 0 Å². The number of benzene rings is 2. The first-order valence-corrected chi connectivity index (χ1v) is 8.96. The molecule has 7 heteroatoms. The van der Waals surface area contributed by atoms with Crippen LogP contribution in [0, 0.1) is 0 Å². The molecule has 1 fully saturated rings. The number of carbonyl (C=O) groups excluding carboxylic acids is 1. The van der Waals surface area contributed by atoms with Crippen molar-refractivity contribution in [2.75, 3.05) is 11.9 Å². The molecule has 3 N–H and O–H groups in total. The van der Waals surface area contributed by atoms with Gasteiger partial charge in [0.2, 0.25) is 0 Å². The van der Waals surface area contributed by atoms with Gasteiger partial charge in [0.15, 0.2) is 0 Å². The van der Waals surface area contributed by atoms with Gasteiger partial charge in [0.05, 0.1) is 11.3 Å². The zero-order chi connectivity index (χ0) is 19.2. The summed E-state index contributed by atoms with van der Waals surface area (Å²) < 4.78 is 28.8. The van der Waals surface area contributed by atoms with Gasteiger partial charge in [0, 0.05) is 17.8 Å². The van der Waals surface area contributed by atoms with Crippen molar-refractivity contribution in [3.63, 3.8) is 0 Å². The first kappa shape index (κ1) is 19.1. The highest BCUT2D eigenvalue weighted by Gasteiger charge is 2.21. The molecule has 2 aromatic rings.